The molecule has 0 fully saturated rings. The minimum absolute atomic E-state index is 0. The largest absolute Gasteiger partial charge is 0.876 e. The van der Waals surface area contributed by atoms with Gasteiger partial charge < -0.3 is 44.8 Å². The minimum Gasteiger partial charge on any atom is -0.876 e. The summed E-state index contributed by atoms with van der Waals surface area (Å²) in [4.78, 5) is 18.9. The van der Waals surface area contributed by atoms with Gasteiger partial charge in [0, 0.05) is 32.5 Å². The van der Waals surface area contributed by atoms with Gasteiger partial charge in [0.15, 0.2) is 5.78 Å². The van der Waals surface area contributed by atoms with Gasteiger partial charge in [0.05, 0.1) is 0 Å². The smallest absolute Gasteiger partial charge is 0.151 e. The van der Waals surface area contributed by atoms with E-state index in [0.717, 1.165) is 28.6 Å². The maximum atomic E-state index is 9.98. The molecule has 2 heterocycles. The number of allylic oxidation sites excluding steroid dienone is 2. The van der Waals surface area contributed by atoms with Crippen molar-refractivity contribution in [2.75, 3.05) is 0 Å². The molecule has 2 aromatic heterocycles. The molecule has 0 saturated heterocycles. The molecule has 0 saturated carbocycles. The summed E-state index contributed by atoms with van der Waals surface area (Å²) in [5.74, 6) is -0.375. The second-order valence-corrected chi connectivity index (χ2v) is 8.68. The van der Waals surface area contributed by atoms with Crippen molar-refractivity contribution in [3.8, 4) is 22.5 Å². The fraction of sp³-hybridized carbons (Fsp3) is 0.0513. The van der Waals surface area contributed by atoms with E-state index in [1.165, 1.54) is 35.4 Å². The Hall–Kier alpha value is -4.44. The summed E-state index contributed by atoms with van der Waals surface area (Å²) in [6.07, 6.45) is 4.75. The van der Waals surface area contributed by atoms with Gasteiger partial charge in [-0.1, -0.05) is 55.5 Å². The van der Waals surface area contributed by atoms with Gasteiger partial charge in [0.2, 0.25) is 0 Å². The first-order valence-corrected chi connectivity index (χ1v) is 12.5. The number of aromatic nitrogens is 2. The van der Waals surface area contributed by atoms with Crippen LogP contribution in [0, 0.1) is 41.8 Å². The molecule has 5 heteroatoms. The van der Waals surface area contributed by atoms with Gasteiger partial charge in [0.1, 0.15) is 0 Å². The molecule has 233 valence electrons. The number of benzene rings is 4. The molecule has 44 heavy (non-hydrogen) atoms. The second kappa shape index (κ2) is 21.3. The van der Waals surface area contributed by atoms with E-state index in [1.54, 1.807) is 0 Å². The summed E-state index contributed by atoms with van der Waals surface area (Å²) >= 11 is 0. The number of carbonyl (C=O) groups excluding carboxylic acids is 1. The number of hydrogen-bond acceptors (Lipinski definition) is 4. The third kappa shape index (κ3) is 11.7. The number of carbonyl (C=O) groups is 1. The fourth-order valence-corrected chi connectivity index (χ4v) is 4.04. The molecule has 0 amide bonds. The van der Waals surface area contributed by atoms with Crippen LogP contribution in [-0.4, -0.2) is 15.8 Å². The van der Waals surface area contributed by atoms with Crippen molar-refractivity contribution in [1.29, 1.82) is 0 Å². The Kier molecular flexibility index (Phi) is 20.2. The maximum absolute atomic E-state index is 9.98. The summed E-state index contributed by atoms with van der Waals surface area (Å²) in [5, 5.41) is 14.8. The van der Waals surface area contributed by atoms with Crippen molar-refractivity contribution in [2.45, 2.75) is 13.8 Å². The predicted octanol–water partition coefficient (Wildman–Crippen LogP) is 9.04. The number of nitrogens with zero attached hydrogens (tertiary/aromatic N) is 2. The van der Waals surface area contributed by atoms with E-state index in [0.29, 0.717) is 0 Å². The second-order valence-electron chi connectivity index (χ2n) is 8.68. The molecule has 0 atom stereocenters. The van der Waals surface area contributed by atoms with Gasteiger partial charge in [-0.15, -0.1) is 77.5 Å². The van der Waals surface area contributed by atoms with E-state index < -0.39 is 0 Å². The van der Waals surface area contributed by atoms with Gasteiger partial charge in [0.25, 0.3) is 0 Å². The monoisotopic (exact) mass is 760 g/mol. The Morgan fingerprint density at radius 3 is 1.32 bits per heavy atom. The zero-order valence-electron chi connectivity index (χ0n) is 26.2. The van der Waals surface area contributed by atoms with Gasteiger partial charge in [-0.25, -0.2) is 0 Å². The molecular weight excluding hydrogens is 721 g/mol. The van der Waals surface area contributed by atoms with Crippen LogP contribution in [0.25, 0.3) is 44.1 Å². The average molecular weight is 760 g/mol. The Balaban J connectivity index is 0. The molecule has 6 rings (SSSR count). The van der Waals surface area contributed by atoms with Crippen LogP contribution in [0.4, 0.5) is 0 Å². The van der Waals surface area contributed by atoms with E-state index in [2.05, 4.69) is 46.4 Å². The molecule has 0 spiro atoms. The summed E-state index contributed by atoms with van der Waals surface area (Å²) < 4.78 is 0. The molecular formula is C39H39IrN2O2-7. The van der Waals surface area contributed by atoms with Crippen LogP contribution >= 0.6 is 0 Å². The van der Waals surface area contributed by atoms with E-state index in [9.17, 15) is 9.90 Å². The molecule has 4 aromatic carbocycles. The van der Waals surface area contributed by atoms with Crippen LogP contribution < -0.4 is 5.11 Å². The standard InChI is InChI=1S/2C15H10N.C5H8O2.4CH3.Ir/c2*1-2-7-13(8-3-1)15-14-9-5-4-6-12(14)10-11-16-15;1-4(6)3-5(2)7;;;;;/h2*1-7,9-11H;3,6H,1-2H3;4*1H3;/q2*-1;;4*-1;/p-1. The van der Waals surface area contributed by atoms with Crippen LogP contribution in [0.2, 0.25) is 0 Å². The van der Waals surface area contributed by atoms with Crippen LogP contribution in [0.5, 0.6) is 0 Å². The Morgan fingerprint density at radius 1 is 0.614 bits per heavy atom. The molecule has 0 aliphatic heterocycles. The van der Waals surface area contributed by atoms with Gasteiger partial charge in [-0.05, 0) is 58.1 Å². The zero-order valence-corrected chi connectivity index (χ0v) is 28.6. The molecule has 1 radical (unpaired) electrons. The topological polar surface area (TPSA) is 65.9 Å². The van der Waals surface area contributed by atoms with Gasteiger partial charge in [-0.2, -0.15) is 0 Å². The van der Waals surface area contributed by atoms with Crippen LogP contribution in [0.1, 0.15) is 13.8 Å². The fourth-order valence-electron chi connectivity index (χ4n) is 4.04. The first-order valence-electron chi connectivity index (χ1n) is 12.5. The molecule has 6 aromatic rings. The molecule has 0 bridgehead atoms. The minimum atomic E-state index is -0.187. The molecule has 0 N–H and O–H groups in total. The summed E-state index contributed by atoms with van der Waals surface area (Å²) in [6, 6.07) is 42.9. The third-order valence-electron chi connectivity index (χ3n) is 5.68. The van der Waals surface area contributed by atoms with E-state index in [-0.39, 0.29) is 61.4 Å². The first kappa shape index (κ1) is 41.7. The number of rotatable bonds is 3. The van der Waals surface area contributed by atoms with Crippen molar-refractivity contribution in [2.24, 2.45) is 0 Å². The Bertz CT molecular complexity index is 1570. The van der Waals surface area contributed by atoms with E-state index >= 15 is 0 Å². The SMILES string of the molecule is CC(=O)C=C(C)[O-].[CH3-].[CH3-].[CH3-].[CH3-].[Ir].[c-]1ccccc1-c1nccc2ccccc12.[c-]1ccccc1-c1nccc2ccccc12. The normalized spacial score (nSPS) is 9.45. The van der Waals surface area contributed by atoms with E-state index in [1.807, 2.05) is 97.3 Å². The summed E-state index contributed by atoms with van der Waals surface area (Å²) in [7, 11) is 0. The molecule has 0 aliphatic carbocycles. The van der Waals surface area contributed by atoms with Crippen LogP contribution in [0.15, 0.2) is 133 Å². The number of pyridine rings is 2. The van der Waals surface area contributed by atoms with Crippen molar-refractivity contribution in [3.63, 3.8) is 0 Å². The summed E-state index contributed by atoms with van der Waals surface area (Å²) in [5.41, 5.74) is 4.08. The third-order valence-corrected chi connectivity index (χ3v) is 5.68. The maximum Gasteiger partial charge on any atom is 0.151 e. The van der Waals surface area contributed by atoms with Crippen molar-refractivity contribution >= 4 is 27.3 Å². The Labute approximate surface area is 277 Å². The molecule has 4 nitrogen and oxygen atoms in total. The summed E-state index contributed by atoms with van der Waals surface area (Å²) in [6.45, 7) is 2.70. The number of hydrogen-bond donors (Lipinski definition) is 0. The van der Waals surface area contributed by atoms with Crippen molar-refractivity contribution in [1.82, 2.24) is 9.97 Å². The quantitative estimate of drug-likeness (QED) is 0.103. The molecule has 0 unspecified atom stereocenters. The van der Waals surface area contributed by atoms with E-state index in [4.69, 9.17) is 0 Å². The number of ketones is 1. The van der Waals surface area contributed by atoms with Crippen molar-refractivity contribution < 1.29 is 30.0 Å². The first-order chi connectivity index (χ1) is 19.0. The van der Waals surface area contributed by atoms with Gasteiger partial charge in [-0.3, -0.25) is 4.79 Å². The van der Waals surface area contributed by atoms with Crippen LogP contribution in [0.3, 0.4) is 0 Å². The Morgan fingerprint density at radius 2 is 1.00 bits per heavy atom. The van der Waals surface area contributed by atoms with Gasteiger partial charge >= 0.3 is 0 Å². The molecule has 0 aliphatic rings. The van der Waals surface area contributed by atoms with Crippen molar-refractivity contribution in [3.05, 3.63) is 175 Å². The van der Waals surface area contributed by atoms with Crippen LogP contribution in [-0.2, 0) is 24.9 Å². The zero-order chi connectivity index (χ0) is 27.5. The average Bonchev–Trinajstić information content (AvgIpc) is 2.97. The number of fused-ring (bicyclic) bond motifs is 2. The predicted molar refractivity (Wildman–Crippen MR) is 182 cm³/mol.